The highest BCUT2D eigenvalue weighted by molar-refractivity contribution is 5.94. The minimum Gasteiger partial charge on any atom is -0.366 e. The molecule has 12 heteroatoms. The van der Waals surface area contributed by atoms with Crippen LogP contribution in [0, 0.1) is 11.3 Å². The smallest absolute Gasteiger partial charge is 0.343 e. The number of H-pyrrole nitrogens is 1. The van der Waals surface area contributed by atoms with E-state index in [2.05, 4.69) is 21.5 Å². The molecule has 42 heavy (non-hydrogen) atoms. The summed E-state index contributed by atoms with van der Waals surface area (Å²) in [7, 11) is 1.56. The highest BCUT2D eigenvalue weighted by Gasteiger charge is 2.45. The van der Waals surface area contributed by atoms with Crippen molar-refractivity contribution in [1.29, 1.82) is 5.26 Å². The van der Waals surface area contributed by atoms with E-state index in [1.165, 1.54) is 4.68 Å². The lowest BCUT2D eigenvalue weighted by atomic mass is 9.67. The first-order chi connectivity index (χ1) is 20.0. The molecule has 0 spiro atoms. The molecule has 2 heterocycles. The summed E-state index contributed by atoms with van der Waals surface area (Å²) in [5.41, 5.74) is 13.9. The van der Waals surface area contributed by atoms with Gasteiger partial charge in [-0.05, 0) is 85.5 Å². The minimum atomic E-state index is -1.04. The number of amides is 3. The second kappa shape index (κ2) is 11.3. The number of nitriles is 1. The lowest BCUT2D eigenvalue weighted by Crippen LogP contribution is -2.45. The summed E-state index contributed by atoms with van der Waals surface area (Å²) in [6.07, 6.45) is 2.90. The summed E-state index contributed by atoms with van der Waals surface area (Å²) in [6.45, 7) is 2.54. The molecule has 1 unspecified atom stereocenters. The number of likely N-dealkylation sites (tertiary alicyclic amines) is 1. The van der Waals surface area contributed by atoms with Gasteiger partial charge in [-0.15, -0.1) is 0 Å². The molecule has 6 N–H and O–H groups in total. The Labute approximate surface area is 242 Å². The van der Waals surface area contributed by atoms with Crippen molar-refractivity contribution in [3.05, 3.63) is 86.1 Å². The molecule has 3 amide bonds. The average molecular weight is 571 g/mol. The number of primary amides is 2. The first kappa shape index (κ1) is 28.8. The molecule has 1 aromatic heterocycles. The fourth-order valence-corrected chi connectivity index (χ4v) is 6.42. The summed E-state index contributed by atoms with van der Waals surface area (Å²) < 4.78 is 1.23. The SMILES string of the molecule is C[C@H](CC1(c2nn(C)c(=O)[nH]2)c2ccc(C(N)=O)cc2CCc2cc(C(N)=O)ccc21)NCC(=O)N1CCCC1C#N. The Kier molecular flexibility index (Phi) is 7.71. The molecule has 0 radical (unpaired) electrons. The molecule has 3 aromatic rings. The van der Waals surface area contributed by atoms with Gasteiger partial charge in [0.1, 0.15) is 11.9 Å². The zero-order chi connectivity index (χ0) is 30.2. The molecule has 5 rings (SSSR count). The molecular weight excluding hydrogens is 536 g/mol. The number of nitrogens with one attached hydrogen (secondary N) is 2. The summed E-state index contributed by atoms with van der Waals surface area (Å²) in [5.74, 6) is -0.871. The highest BCUT2D eigenvalue weighted by atomic mass is 16.2. The third kappa shape index (κ3) is 5.07. The number of nitrogens with zero attached hydrogens (tertiary/aromatic N) is 4. The second-order valence-corrected chi connectivity index (χ2v) is 11.1. The lowest BCUT2D eigenvalue weighted by molar-refractivity contribution is -0.130. The molecule has 0 bridgehead atoms. The number of fused-ring (bicyclic) bond motifs is 2. The molecule has 1 aliphatic carbocycles. The molecule has 2 aromatic carbocycles. The standard InChI is InChI=1S/C30H34N8O4/c1-17(34-16-25(39)38-11-3-4-22(38)15-31)14-30(28-35-29(42)37(2)36-28)23-9-7-20(26(32)40)12-18(23)5-6-19-13-21(27(33)41)8-10-24(19)30/h7-10,12-13,17,22,34H,3-6,11,14,16H2,1-2H3,(H2,32,40)(H2,33,41)(H,35,36,42)/t17-,22?/m1/s1. The van der Waals surface area contributed by atoms with E-state index in [-0.39, 0.29) is 18.5 Å². The average Bonchev–Trinajstić information content (AvgIpc) is 3.56. The van der Waals surface area contributed by atoms with Crippen molar-refractivity contribution < 1.29 is 14.4 Å². The van der Waals surface area contributed by atoms with Crippen LogP contribution in [0.3, 0.4) is 0 Å². The van der Waals surface area contributed by atoms with Gasteiger partial charge >= 0.3 is 5.69 Å². The van der Waals surface area contributed by atoms with Gasteiger partial charge in [0, 0.05) is 30.8 Å². The normalized spacial score (nSPS) is 17.9. The van der Waals surface area contributed by atoms with Crippen molar-refractivity contribution in [1.82, 2.24) is 25.0 Å². The van der Waals surface area contributed by atoms with Gasteiger partial charge in [-0.3, -0.25) is 19.4 Å². The van der Waals surface area contributed by atoms with E-state index < -0.39 is 29.0 Å². The van der Waals surface area contributed by atoms with Gasteiger partial charge in [0.25, 0.3) is 0 Å². The number of hydrogen-bond donors (Lipinski definition) is 4. The van der Waals surface area contributed by atoms with Gasteiger partial charge in [0.05, 0.1) is 18.0 Å². The first-order valence-electron chi connectivity index (χ1n) is 14.0. The van der Waals surface area contributed by atoms with Gasteiger partial charge in [0.15, 0.2) is 0 Å². The molecule has 1 saturated heterocycles. The Morgan fingerprint density at radius 2 is 1.71 bits per heavy atom. The third-order valence-corrected chi connectivity index (χ3v) is 8.47. The van der Waals surface area contributed by atoms with Crippen LogP contribution in [0.5, 0.6) is 0 Å². The summed E-state index contributed by atoms with van der Waals surface area (Å²) in [4.78, 5) is 54.6. The van der Waals surface area contributed by atoms with Crippen molar-refractivity contribution in [3.63, 3.8) is 0 Å². The Hall–Kier alpha value is -4.76. The number of carbonyl (C=O) groups excluding carboxylic acids is 3. The fourth-order valence-electron chi connectivity index (χ4n) is 6.42. The second-order valence-electron chi connectivity index (χ2n) is 11.1. The first-order valence-corrected chi connectivity index (χ1v) is 14.0. The number of nitrogens with two attached hydrogens (primary N) is 2. The molecule has 218 valence electrons. The Morgan fingerprint density at radius 3 is 2.21 bits per heavy atom. The molecular formula is C30H34N8O4. The highest BCUT2D eigenvalue weighted by Crippen LogP contribution is 2.47. The van der Waals surface area contributed by atoms with Crippen LogP contribution in [0.2, 0.25) is 0 Å². The topological polar surface area (TPSA) is 193 Å². The molecule has 0 saturated carbocycles. The summed E-state index contributed by atoms with van der Waals surface area (Å²) >= 11 is 0. The number of rotatable bonds is 8. The van der Waals surface area contributed by atoms with Gasteiger partial charge in [-0.1, -0.05) is 12.1 Å². The Morgan fingerprint density at radius 1 is 1.12 bits per heavy atom. The zero-order valence-corrected chi connectivity index (χ0v) is 23.6. The van der Waals surface area contributed by atoms with E-state index in [0.717, 1.165) is 28.7 Å². The third-order valence-electron chi connectivity index (χ3n) is 8.47. The van der Waals surface area contributed by atoms with Gasteiger partial charge in [-0.25, -0.2) is 9.48 Å². The maximum Gasteiger partial charge on any atom is 0.343 e. The van der Waals surface area contributed by atoms with Crippen LogP contribution in [0.15, 0.2) is 41.2 Å². The van der Waals surface area contributed by atoms with Crippen molar-refractivity contribution in [2.45, 2.75) is 56.5 Å². The molecule has 1 fully saturated rings. The van der Waals surface area contributed by atoms with Crippen molar-refractivity contribution in [2.24, 2.45) is 18.5 Å². The van der Waals surface area contributed by atoms with E-state index in [1.807, 2.05) is 19.1 Å². The maximum atomic E-state index is 13.0. The van der Waals surface area contributed by atoms with Gasteiger partial charge in [-0.2, -0.15) is 10.4 Å². The largest absolute Gasteiger partial charge is 0.366 e. The van der Waals surface area contributed by atoms with Crippen molar-refractivity contribution in [3.8, 4) is 6.07 Å². The van der Waals surface area contributed by atoms with Crippen LogP contribution in [0.1, 0.15) is 75.0 Å². The van der Waals surface area contributed by atoms with Crippen molar-refractivity contribution >= 4 is 17.7 Å². The van der Waals surface area contributed by atoms with Crippen LogP contribution in [0.4, 0.5) is 0 Å². The zero-order valence-electron chi connectivity index (χ0n) is 23.6. The monoisotopic (exact) mass is 570 g/mol. The van der Waals surface area contributed by atoms with Gasteiger partial charge < -0.3 is 21.7 Å². The van der Waals surface area contributed by atoms with E-state index in [4.69, 9.17) is 11.5 Å². The lowest BCUT2D eigenvalue weighted by Gasteiger charge is -2.37. The number of carbonyl (C=O) groups is 3. The molecule has 2 aliphatic rings. The molecule has 1 aliphatic heterocycles. The summed E-state index contributed by atoms with van der Waals surface area (Å²) in [5, 5.41) is 17.4. The van der Waals surface area contributed by atoms with E-state index in [9.17, 15) is 24.4 Å². The quantitative estimate of drug-likeness (QED) is 0.305. The number of aromatic amines is 1. The van der Waals surface area contributed by atoms with Crippen LogP contribution < -0.4 is 22.5 Å². The predicted molar refractivity (Wildman–Crippen MR) is 153 cm³/mol. The van der Waals surface area contributed by atoms with Crippen LogP contribution in [-0.2, 0) is 30.1 Å². The van der Waals surface area contributed by atoms with E-state index in [0.29, 0.717) is 49.2 Å². The van der Waals surface area contributed by atoms with Crippen molar-refractivity contribution in [2.75, 3.05) is 13.1 Å². The predicted octanol–water partition coefficient (Wildman–Crippen LogP) is 0.622. The maximum absolute atomic E-state index is 13.0. The van der Waals surface area contributed by atoms with E-state index in [1.54, 1.807) is 36.2 Å². The fraction of sp³-hybridized carbons (Fsp3) is 0.400. The molecule has 2 atom stereocenters. The number of hydrogen-bond acceptors (Lipinski definition) is 7. The molecule has 12 nitrogen and oxygen atoms in total. The number of aryl methyl sites for hydroxylation is 3. The Bertz CT molecular complexity index is 1600. The van der Waals surface area contributed by atoms with Crippen LogP contribution in [0.25, 0.3) is 0 Å². The Balaban J connectivity index is 1.64. The van der Waals surface area contributed by atoms with Crippen LogP contribution >= 0.6 is 0 Å². The summed E-state index contributed by atoms with van der Waals surface area (Å²) in [6, 6.07) is 12.1. The van der Waals surface area contributed by atoms with Gasteiger partial charge in [0.2, 0.25) is 17.7 Å². The van der Waals surface area contributed by atoms with Crippen LogP contribution in [-0.4, -0.2) is 62.6 Å². The number of aromatic nitrogens is 3. The van der Waals surface area contributed by atoms with E-state index >= 15 is 0 Å². The number of benzene rings is 2. The minimum absolute atomic E-state index is 0.0368.